The maximum atomic E-state index is 2.17. The molecule has 2 nitrogen and oxygen atoms in total. The maximum Gasteiger partial charge on any atom is 0.200 e. The Hall–Kier alpha value is -1.93. The summed E-state index contributed by atoms with van der Waals surface area (Å²) >= 11 is 0. The Labute approximate surface area is 109 Å². The SMILES string of the molecule is CN(C)Cc1cccc[n+]1C=Cc1ccccc1. The van der Waals surface area contributed by atoms with Gasteiger partial charge in [-0.25, -0.2) is 0 Å². The van der Waals surface area contributed by atoms with Crippen LogP contribution in [0.25, 0.3) is 12.3 Å². The number of benzene rings is 1. The van der Waals surface area contributed by atoms with Crippen molar-refractivity contribution in [1.82, 2.24) is 4.90 Å². The standard InChI is InChI=1S/C16H19N2/c1-17(2)14-16-10-6-7-12-18(16)13-11-15-8-4-3-5-9-15/h3-13H,14H2,1-2H3/q+1. The summed E-state index contributed by atoms with van der Waals surface area (Å²) in [7, 11) is 4.16. The van der Waals surface area contributed by atoms with E-state index in [-0.39, 0.29) is 0 Å². The molecule has 1 aromatic carbocycles. The first-order valence-corrected chi connectivity index (χ1v) is 6.13. The highest BCUT2D eigenvalue weighted by molar-refractivity contribution is 5.56. The highest BCUT2D eigenvalue weighted by Gasteiger charge is 2.07. The molecular formula is C16H19N2+. The third-order valence-electron chi connectivity index (χ3n) is 2.68. The predicted octanol–water partition coefficient (Wildman–Crippen LogP) is 2.66. The van der Waals surface area contributed by atoms with Gasteiger partial charge in [-0.2, -0.15) is 4.57 Å². The van der Waals surface area contributed by atoms with Crippen LogP contribution in [-0.2, 0) is 6.54 Å². The van der Waals surface area contributed by atoms with Gasteiger partial charge >= 0.3 is 0 Å². The van der Waals surface area contributed by atoms with Crippen LogP contribution in [0.2, 0.25) is 0 Å². The van der Waals surface area contributed by atoms with Gasteiger partial charge in [0.1, 0.15) is 0 Å². The topological polar surface area (TPSA) is 7.12 Å². The summed E-state index contributed by atoms with van der Waals surface area (Å²) in [4.78, 5) is 2.17. The second-order valence-electron chi connectivity index (χ2n) is 4.56. The minimum Gasteiger partial charge on any atom is -0.300 e. The molecule has 0 unspecified atom stereocenters. The summed E-state index contributed by atoms with van der Waals surface area (Å²) in [5.74, 6) is 0. The van der Waals surface area contributed by atoms with E-state index in [9.17, 15) is 0 Å². The molecule has 0 aliphatic rings. The van der Waals surface area contributed by atoms with Gasteiger partial charge < -0.3 is 0 Å². The van der Waals surface area contributed by atoms with Crippen molar-refractivity contribution in [1.29, 1.82) is 0 Å². The van der Waals surface area contributed by atoms with Crippen molar-refractivity contribution in [2.75, 3.05) is 14.1 Å². The van der Waals surface area contributed by atoms with E-state index in [4.69, 9.17) is 0 Å². The summed E-state index contributed by atoms with van der Waals surface area (Å²) in [5.41, 5.74) is 2.49. The van der Waals surface area contributed by atoms with Crippen molar-refractivity contribution < 1.29 is 4.57 Å². The number of nitrogens with zero attached hydrogens (tertiary/aromatic N) is 2. The first-order valence-electron chi connectivity index (χ1n) is 6.13. The molecule has 0 spiro atoms. The second kappa shape index (κ2) is 6.12. The number of aromatic nitrogens is 1. The van der Waals surface area contributed by atoms with E-state index < -0.39 is 0 Å². The molecule has 92 valence electrons. The Morgan fingerprint density at radius 1 is 1.00 bits per heavy atom. The summed E-state index contributed by atoms with van der Waals surface area (Å²) in [5, 5.41) is 0. The van der Waals surface area contributed by atoms with E-state index >= 15 is 0 Å². The predicted molar refractivity (Wildman–Crippen MR) is 75.7 cm³/mol. The average Bonchev–Trinajstić information content (AvgIpc) is 2.38. The fourth-order valence-corrected chi connectivity index (χ4v) is 1.83. The van der Waals surface area contributed by atoms with Gasteiger partial charge in [0.15, 0.2) is 12.4 Å². The molecule has 1 aromatic heterocycles. The molecule has 0 N–H and O–H groups in total. The molecule has 0 saturated carbocycles. The van der Waals surface area contributed by atoms with Crippen molar-refractivity contribution in [2.24, 2.45) is 0 Å². The third kappa shape index (κ3) is 3.54. The highest BCUT2D eigenvalue weighted by Crippen LogP contribution is 2.01. The lowest BCUT2D eigenvalue weighted by molar-refractivity contribution is -0.577. The lowest BCUT2D eigenvalue weighted by atomic mass is 10.2. The van der Waals surface area contributed by atoms with Crippen LogP contribution in [0.5, 0.6) is 0 Å². The summed E-state index contributed by atoms with van der Waals surface area (Å²) in [6.45, 7) is 0.931. The number of hydrogen-bond donors (Lipinski definition) is 0. The molecule has 0 atom stereocenters. The Balaban J connectivity index is 2.21. The lowest BCUT2D eigenvalue weighted by Crippen LogP contribution is -2.33. The summed E-state index contributed by atoms with van der Waals surface area (Å²) < 4.78 is 2.16. The minimum atomic E-state index is 0.931. The Morgan fingerprint density at radius 3 is 2.44 bits per heavy atom. The summed E-state index contributed by atoms with van der Waals surface area (Å²) in [6, 6.07) is 16.6. The minimum absolute atomic E-state index is 0.931. The molecule has 1 heterocycles. The van der Waals surface area contributed by atoms with Crippen LogP contribution in [0.4, 0.5) is 0 Å². The molecule has 2 aromatic rings. The van der Waals surface area contributed by atoms with Crippen LogP contribution < -0.4 is 4.57 Å². The van der Waals surface area contributed by atoms with E-state index in [1.807, 2.05) is 6.07 Å². The Kier molecular flexibility index (Phi) is 4.26. The highest BCUT2D eigenvalue weighted by atomic mass is 15.1. The zero-order valence-corrected chi connectivity index (χ0v) is 11.0. The van der Waals surface area contributed by atoms with E-state index in [2.05, 4.69) is 84.5 Å². The molecule has 0 aliphatic heterocycles. The van der Waals surface area contributed by atoms with Gasteiger partial charge in [0.05, 0.1) is 6.54 Å². The molecule has 18 heavy (non-hydrogen) atoms. The molecule has 0 aliphatic carbocycles. The van der Waals surface area contributed by atoms with Crippen LogP contribution in [0.3, 0.4) is 0 Å². The number of rotatable bonds is 4. The van der Waals surface area contributed by atoms with Crippen molar-refractivity contribution in [3.8, 4) is 0 Å². The number of pyridine rings is 1. The largest absolute Gasteiger partial charge is 0.300 e. The fraction of sp³-hybridized carbons (Fsp3) is 0.188. The van der Waals surface area contributed by atoms with Gasteiger partial charge in [-0.15, -0.1) is 0 Å². The molecule has 2 heteroatoms. The van der Waals surface area contributed by atoms with Crippen molar-refractivity contribution in [3.63, 3.8) is 0 Å². The van der Waals surface area contributed by atoms with Crippen LogP contribution in [0, 0.1) is 0 Å². The van der Waals surface area contributed by atoms with Crippen LogP contribution >= 0.6 is 0 Å². The van der Waals surface area contributed by atoms with Crippen LogP contribution in [0.15, 0.2) is 54.7 Å². The molecule has 0 bridgehead atoms. The van der Waals surface area contributed by atoms with Crippen LogP contribution in [-0.4, -0.2) is 19.0 Å². The van der Waals surface area contributed by atoms with E-state index in [1.54, 1.807) is 0 Å². The zero-order valence-electron chi connectivity index (χ0n) is 11.0. The molecule has 0 saturated heterocycles. The molecule has 0 radical (unpaired) electrons. The smallest absolute Gasteiger partial charge is 0.200 e. The molecule has 0 fully saturated rings. The van der Waals surface area contributed by atoms with Gasteiger partial charge in [0, 0.05) is 18.2 Å². The molecular weight excluding hydrogens is 220 g/mol. The van der Waals surface area contributed by atoms with E-state index in [1.165, 1.54) is 11.3 Å². The van der Waals surface area contributed by atoms with Crippen molar-refractivity contribution >= 4 is 12.3 Å². The molecule has 2 rings (SSSR count). The summed E-state index contributed by atoms with van der Waals surface area (Å²) in [6.07, 6.45) is 6.31. The van der Waals surface area contributed by atoms with Crippen molar-refractivity contribution in [2.45, 2.75) is 6.54 Å². The van der Waals surface area contributed by atoms with Gasteiger partial charge in [-0.05, 0) is 19.7 Å². The van der Waals surface area contributed by atoms with Gasteiger partial charge in [0.25, 0.3) is 0 Å². The average molecular weight is 239 g/mol. The zero-order chi connectivity index (χ0) is 12.8. The first-order chi connectivity index (χ1) is 8.75. The van der Waals surface area contributed by atoms with E-state index in [0.717, 1.165) is 6.54 Å². The normalized spacial score (nSPS) is 11.3. The second-order valence-corrected chi connectivity index (χ2v) is 4.56. The quantitative estimate of drug-likeness (QED) is 0.744. The fourth-order valence-electron chi connectivity index (χ4n) is 1.83. The maximum absolute atomic E-state index is 2.17. The number of hydrogen-bond acceptors (Lipinski definition) is 1. The Morgan fingerprint density at radius 2 is 1.72 bits per heavy atom. The van der Waals surface area contributed by atoms with Gasteiger partial charge in [-0.1, -0.05) is 36.4 Å². The molecule has 0 amide bonds. The lowest BCUT2D eigenvalue weighted by Gasteiger charge is -2.06. The first kappa shape index (κ1) is 12.5. The Bertz CT molecular complexity index is 516. The monoisotopic (exact) mass is 239 g/mol. The van der Waals surface area contributed by atoms with Crippen molar-refractivity contribution in [3.05, 3.63) is 66.0 Å². The van der Waals surface area contributed by atoms with E-state index in [0.29, 0.717) is 0 Å². The van der Waals surface area contributed by atoms with Gasteiger partial charge in [-0.3, -0.25) is 4.90 Å². The third-order valence-corrected chi connectivity index (χ3v) is 2.68. The van der Waals surface area contributed by atoms with Gasteiger partial charge in [0.2, 0.25) is 5.69 Å². The van der Waals surface area contributed by atoms with Crippen LogP contribution in [0.1, 0.15) is 11.3 Å².